The molecule has 0 aromatic heterocycles. The van der Waals surface area contributed by atoms with Crippen LogP contribution in [0, 0.1) is 6.92 Å². The van der Waals surface area contributed by atoms with Crippen LogP contribution in [0.4, 0.5) is 0 Å². The molecule has 0 spiro atoms. The lowest BCUT2D eigenvalue weighted by Crippen LogP contribution is -2.89. The summed E-state index contributed by atoms with van der Waals surface area (Å²) in [5.41, 5.74) is 0.939. The molecule has 1 aliphatic heterocycles. The highest BCUT2D eigenvalue weighted by Crippen LogP contribution is 2.22. The zero-order valence-electron chi connectivity index (χ0n) is 9.69. The average molecular weight is 320 g/mol. The Labute approximate surface area is 110 Å². The van der Waals surface area contributed by atoms with E-state index in [1.165, 1.54) is 0 Å². The van der Waals surface area contributed by atoms with Gasteiger partial charge in [0.1, 0.15) is 0 Å². The van der Waals surface area contributed by atoms with Gasteiger partial charge in [0.15, 0.2) is 0 Å². The molecule has 0 radical (unpaired) electrons. The van der Waals surface area contributed by atoms with Gasteiger partial charge >= 0.3 is 0 Å². The van der Waals surface area contributed by atoms with Crippen LogP contribution >= 0.6 is 15.9 Å². The van der Waals surface area contributed by atoms with E-state index in [-0.39, 0.29) is 0 Å². The number of aryl methyl sites for hydroxylation is 1. The van der Waals surface area contributed by atoms with E-state index in [2.05, 4.69) is 21.2 Å². The van der Waals surface area contributed by atoms with E-state index < -0.39 is 10.0 Å². The Kier molecular flexibility index (Phi) is 3.87. The van der Waals surface area contributed by atoms with Crippen molar-refractivity contribution in [2.75, 3.05) is 26.2 Å². The van der Waals surface area contributed by atoms with Crippen molar-refractivity contribution in [3.8, 4) is 0 Å². The number of halogens is 1. The van der Waals surface area contributed by atoms with Crippen LogP contribution in [0.1, 0.15) is 5.56 Å². The molecule has 1 aliphatic rings. The molecule has 0 bridgehead atoms. The van der Waals surface area contributed by atoms with Crippen molar-refractivity contribution < 1.29 is 13.7 Å². The minimum atomic E-state index is -3.31. The highest BCUT2D eigenvalue weighted by molar-refractivity contribution is 9.10. The number of benzene rings is 1. The summed E-state index contributed by atoms with van der Waals surface area (Å²) in [6.07, 6.45) is 0. The molecule has 1 aromatic rings. The minimum Gasteiger partial charge on any atom is -0.344 e. The van der Waals surface area contributed by atoms with E-state index in [0.717, 1.165) is 23.1 Å². The molecule has 1 aromatic carbocycles. The smallest absolute Gasteiger partial charge is 0.243 e. The van der Waals surface area contributed by atoms with Gasteiger partial charge in [0.25, 0.3) is 0 Å². The van der Waals surface area contributed by atoms with Crippen LogP contribution in [0.5, 0.6) is 0 Å². The van der Waals surface area contributed by atoms with E-state index in [9.17, 15) is 8.42 Å². The minimum absolute atomic E-state index is 0.389. The van der Waals surface area contributed by atoms with E-state index in [1.54, 1.807) is 22.5 Å². The van der Waals surface area contributed by atoms with E-state index in [4.69, 9.17) is 0 Å². The molecular formula is C11H16BrN2O2S+. The standard InChI is InChI=1S/C11H15BrN2O2S/c1-9-8-10(2-3-11(9)12)17(15,16)14-6-4-13-5-7-14/h2-3,8,13H,4-7H2,1H3/p+1. The average Bonchev–Trinajstić information content (AvgIpc) is 2.33. The second-order valence-electron chi connectivity index (χ2n) is 4.18. The van der Waals surface area contributed by atoms with Gasteiger partial charge in [-0.15, -0.1) is 0 Å². The van der Waals surface area contributed by atoms with Crippen molar-refractivity contribution in [3.63, 3.8) is 0 Å². The van der Waals surface area contributed by atoms with Crippen molar-refractivity contribution >= 4 is 26.0 Å². The van der Waals surface area contributed by atoms with Crippen LogP contribution in [-0.2, 0) is 10.0 Å². The summed E-state index contributed by atoms with van der Waals surface area (Å²) >= 11 is 3.38. The van der Waals surface area contributed by atoms with Crippen molar-refractivity contribution in [2.24, 2.45) is 0 Å². The molecule has 1 heterocycles. The first-order valence-corrected chi connectivity index (χ1v) is 7.83. The quantitative estimate of drug-likeness (QED) is 0.854. The molecule has 0 aliphatic carbocycles. The Bertz CT molecular complexity index is 510. The molecule has 0 unspecified atom stereocenters. The Hall–Kier alpha value is -0.430. The molecule has 0 atom stereocenters. The number of rotatable bonds is 2. The molecule has 0 amide bonds. The normalized spacial score (nSPS) is 18.2. The summed E-state index contributed by atoms with van der Waals surface area (Å²) in [7, 11) is -3.31. The van der Waals surface area contributed by atoms with E-state index >= 15 is 0 Å². The van der Waals surface area contributed by atoms with Crippen LogP contribution < -0.4 is 5.32 Å². The zero-order valence-corrected chi connectivity index (χ0v) is 12.1. The molecule has 1 fully saturated rings. The lowest BCUT2D eigenvalue weighted by molar-refractivity contribution is -0.661. The largest absolute Gasteiger partial charge is 0.344 e. The Balaban J connectivity index is 2.33. The van der Waals surface area contributed by atoms with Crippen molar-refractivity contribution in [1.82, 2.24) is 4.31 Å². The third kappa shape index (κ3) is 2.70. The molecule has 94 valence electrons. The summed E-state index contributed by atoms with van der Waals surface area (Å²) in [5, 5.41) is 2.14. The maximum absolute atomic E-state index is 12.3. The fraction of sp³-hybridized carbons (Fsp3) is 0.455. The SMILES string of the molecule is Cc1cc(S(=O)(=O)N2CC[NH2+]CC2)ccc1Br. The fourth-order valence-corrected chi connectivity index (χ4v) is 3.70. The van der Waals surface area contributed by atoms with Gasteiger partial charge in [0.05, 0.1) is 31.1 Å². The molecule has 17 heavy (non-hydrogen) atoms. The van der Waals surface area contributed by atoms with Crippen molar-refractivity contribution in [2.45, 2.75) is 11.8 Å². The van der Waals surface area contributed by atoms with Crippen LogP contribution in [0.2, 0.25) is 0 Å². The summed E-state index contributed by atoms with van der Waals surface area (Å²) in [6, 6.07) is 5.17. The van der Waals surface area contributed by atoms with Crippen LogP contribution in [0.3, 0.4) is 0 Å². The third-order valence-electron chi connectivity index (χ3n) is 2.93. The zero-order chi connectivity index (χ0) is 12.5. The first-order valence-electron chi connectivity index (χ1n) is 5.60. The lowest BCUT2D eigenvalue weighted by atomic mass is 10.2. The number of nitrogens with two attached hydrogens (primary N) is 1. The van der Waals surface area contributed by atoms with Gasteiger partial charge in [-0.05, 0) is 30.7 Å². The second-order valence-corrected chi connectivity index (χ2v) is 6.97. The van der Waals surface area contributed by atoms with E-state index in [0.29, 0.717) is 18.0 Å². The van der Waals surface area contributed by atoms with Crippen molar-refractivity contribution in [3.05, 3.63) is 28.2 Å². The Morgan fingerprint density at radius 2 is 1.94 bits per heavy atom. The van der Waals surface area contributed by atoms with Gasteiger partial charge in [0, 0.05) is 4.47 Å². The number of hydrogen-bond donors (Lipinski definition) is 1. The third-order valence-corrected chi connectivity index (χ3v) is 5.72. The maximum Gasteiger partial charge on any atom is 0.243 e. The number of sulfonamides is 1. The summed E-state index contributed by atoms with van der Waals surface area (Å²) in [4.78, 5) is 0.389. The monoisotopic (exact) mass is 319 g/mol. The van der Waals surface area contributed by atoms with Crippen molar-refractivity contribution in [1.29, 1.82) is 0 Å². The van der Waals surface area contributed by atoms with Gasteiger partial charge in [-0.2, -0.15) is 4.31 Å². The number of nitrogens with zero attached hydrogens (tertiary/aromatic N) is 1. The van der Waals surface area contributed by atoms with Crippen LogP contribution in [-0.4, -0.2) is 38.9 Å². The summed E-state index contributed by atoms with van der Waals surface area (Å²) in [5.74, 6) is 0. The number of quaternary nitrogens is 1. The predicted octanol–water partition coefficient (Wildman–Crippen LogP) is 0.325. The molecular weight excluding hydrogens is 304 g/mol. The van der Waals surface area contributed by atoms with Gasteiger partial charge in [-0.3, -0.25) is 0 Å². The number of piperazine rings is 1. The Morgan fingerprint density at radius 1 is 1.29 bits per heavy atom. The molecule has 1 saturated heterocycles. The fourth-order valence-electron chi connectivity index (χ4n) is 1.89. The summed E-state index contributed by atoms with van der Waals surface area (Å²) in [6.45, 7) is 4.77. The van der Waals surface area contributed by atoms with Gasteiger partial charge in [-0.1, -0.05) is 15.9 Å². The lowest BCUT2D eigenvalue weighted by Gasteiger charge is -2.24. The van der Waals surface area contributed by atoms with Gasteiger partial charge in [0.2, 0.25) is 10.0 Å². The highest BCUT2D eigenvalue weighted by Gasteiger charge is 2.27. The number of hydrogen-bond acceptors (Lipinski definition) is 2. The maximum atomic E-state index is 12.3. The first-order chi connectivity index (χ1) is 8.01. The molecule has 6 heteroatoms. The van der Waals surface area contributed by atoms with Crippen LogP contribution in [0.15, 0.2) is 27.6 Å². The van der Waals surface area contributed by atoms with Gasteiger partial charge in [-0.25, -0.2) is 8.42 Å². The second kappa shape index (κ2) is 5.06. The molecule has 2 N–H and O–H groups in total. The first kappa shape index (κ1) is 13.0. The molecule has 0 saturated carbocycles. The highest BCUT2D eigenvalue weighted by atomic mass is 79.9. The van der Waals surface area contributed by atoms with Crippen LogP contribution in [0.25, 0.3) is 0 Å². The molecule has 2 rings (SSSR count). The topological polar surface area (TPSA) is 54.0 Å². The molecule has 4 nitrogen and oxygen atoms in total. The predicted molar refractivity (Wildman–Crippen MR) is 69.3 cm³/mol. The van der Waals surface area contributed by atoms with E-state index in [1.807, 2.05) is 6.92 Å². The summed E-state index contributed by atoms with van der Waals surface area (Å²) < 4.78 is 27.2. The Morgan fingerprint density at radius 3 is 2.53 bits per heavy atom. The van der Waals surface area contributed by atoms with Gasteiger partial charge < -0.3 is 5.32 Å².